The van der Waals surface area contributed by atoms with E-state index in [2.05, 4.69) is 15.4 Å². The lowest BCUT2D eigenvalue weighted by molar-refractivity contribution is -0.123. The Morgan fingerprint density at radius 1 is 1.29 bits per heavy atom. The number of amides is 3. The van der Waals surface area contributed by atoms with Crippen molar-refractivity contribution in [3.05, 3.63) is 28.8 Å². The van der Waals surface area contributed by atoms with Crippen molar-refractivity contribution in [1.29, 1.82) is 0 Å². The van der Waals surface area contributed by atoms with Gasteiger partial charge in [-0.05, 0) is 50.5 Å². The average molecular weight is 511 g/mol. The molecule has 10 nitrogen and oxygen atoms in total. The lowest BCUT2D eigenvalue weighted by Crippen LogP contribution is -2.43. The van der Waals surface area contributed by atoms with Crippen LogP contribution < -0.4 is 24.8 Å². The Balaban J connectivity index is 1.81. The summed E-state index contributed by atoms with van der Waals surface area (Å²) in [6.45, 7) is 6.89. The number of rotatable bonds is 7. The third-order valence-corrected chi connectivity index (χ3v) is 7.57. The molecule has 0 radical (unpaired) electrons. The zero-order chi connectivity index (χ0) is 25.0. The number of hydrogen-bond acceptors (Lipinski definition) is 7. The van der Waals surface area contributed by atoms with Gasteiger partial charge in [-0.2, -0.15) is 0 Å². The lowest BCUT2D eigenvalue weighted by Gasteiger charge is -2.28. The number of carbonyl (C=O) groups excluding carboxylic acids is 2. The van der Waals surface area contributed by atoms with Crippen LogP contribution in [0.5, 0.6) is 11.5 Å². The first-order valence-electron chi connectivity index (χ1n) is 11.1. The number of ether oxygens (including phenoxy) is 2. The molecular formula is C22H30N4O6S2. The fourth-order valence-electron chi connectivity index (χ4n) is 4.10. The minimum atomic E-state index is -4.03. The number of thiocarbonyl (C=S) groups is 1. The number of nitrogens with one attached hydrogen (secondary N) is 3. The second kappa shape index (κ2) is 10.6. The Labute approximate surface area is 205 Å². The molecule has 186 valence electrons. The molecule has 1 aromatic rings. The largest absolute Gasteiger partial charge is 0.495 e. The predicted molar refractivity (Wildman–Crippen MR) is 131 cm³/mol. The predicted octanol–water partition coefficient (Wildman–Crippen LogP) is 2.01. The van der Waals surface area contributed by atoms with Crippen molar-refractivity contribution in [2.75, 3.05) is 33.4 Å². The smallest absolute Gasteiger partial charge is 0.324 e. The van der Waals surface area contributed by atoms with Crippen LogP contribution in [-0.4, -0.2) is 63.7 Å². The molecule has 34 heavy (non-hydrogen) atoms. The molecule has 0 aliphatic carbocycles. The third-order valence-electron chi connectivity index (χ3n) is 5.83. The molecular weight excluding hydrogens is 480 g/mol. The Morgan fingerprint density at radius 2 is 2.03 bits per heavy atom. The molecule has 1 atom stereocenters. The van der Waals surface area contributed by atoms with Crippen LogP contribution in [0.2, 0.25) is 0 Å². The Morgan fingerprint density at radius 3 is 2.65 bits per heavy atom. The number of hydrogen-bond donors (Lipinski definition) is 3. The summed E-state index contributed by atoms with van der Waals surface area (Å²) in [5, 5.41) is 5.55. The summed E-state index contributed by atoms with van der Waals surface area (Å²) in [4.78, 5) is 26.3. The van der Waals surface area contributed by atoms with Crippen molar-refractivity contribution in [3.63, 3.8) is 0 Å². The van der Waals surface area contributed by atoms with Crippen LogP contribution in [0.15, 0.2) is 28.2 Å². The normalized spacial score (nSPS) is 17.7. The summed E-state index contributed by atoms with van der Waals surface area (Å²) >= 11 is 5.03. The molecule has 0 saturated carbocycles. The van der Waals surface area contributed by atoms with Crippen molar-refractivity contribution in [1.82, 2.24) is 20.3 Å². The van der Waals surface area contributed by atoms with Gasteiger partial charge in [-0.3, -0.25) is 14.4 Å². The van der Waals surface area contributed by atoms with Crippen LogP contribution in [0.25, 0.3) is 0 Å². The van der Waals surface area contributed by atoms with Gasteiger partial charge < -0.3 is 20.1 Å². The van der Waals surface area contributed by atoms with Crippen LogP contribution >= 0.6 is 12.2 Å². The molecule has 0 saturated heterocycles. The minimum Gasteiger partial charge on any atom is -0.495 e. The van der Waals surface area contributed by atoms with Gasteiger partial charge in [-0.1, -0.05) is 6.92 Å². The van der Waals surface area contributed by atoms with Gasteiger partial charge in [0, 0.05) is 36.2 Å². The zero-order valence-electron chi connectivity index (χ0n) is 19.7. The number of nitrogens with zero attached hydrogens (tertiary/aromatic N) is 1. The van der Waals surface area contributed by atoms with E-state index in [0.717, 1.165) is 5.57 Å². The number of fused-ring (bicyclic) bond motifs is 1. The third kappa shape index (κ3) is 5.27. The summed E-state index contributed by atoms with van der Waals surface area (Å²) < 4.78 is 39.3. The maximum Gasteiger partial charge on any atom is 0.324 e. The molecule has 3 N–H and O–H groups in total. The van der Waals surface area contributed by atoms with E-state index in [1.165, 1.54) is 24.1 Å². The Bertz CT molecular complexity index is 1130. The molecule has 12 heteroatoms. The maximum absolute atomic E-state index is 13.0. The second-order valence-electron chi connectivity index (χ2n) is 8.03. The Kier molecular flexibility index (Phi) is 8.03. The zero-order valence-corrected chi connectivity index (χ0v) is 21.3. The number of imide groups is 1. The van der Waals surface area contributed by atoms with Crippen LogP contribution in [0.4, 0.5) is 4.79 Å². The van der Waals surface area contributed by atoms with Crippen LogP contribution in [0.3, 0.4) is 0 Å². The standard InChI is InChI=1S/C22H30N4O6S2/c1-5-15-13(3)12-26(20(15)27)22(28)24-11-14-7-8-32-17-10-18(31-4)19(9-16(14)17)34(29,30)25-21(33)23-6-2/h9-10,14H,5-8,11-12H2,1-4H3,(H,24,28)(H2,23,25,33). The molecule has 0 spiro atoms. The van der Waals surface area contributed by atoms with E-state index in [4.69, 9.17) is 21.7 Å². The first-order chi connectivity index (χ1) is 16.1. The highest BCUT2D eigenvalue weighted by molar-refractivity contribution is 7.92. The summed E-state index contributed by atoms with van der Waals surface area (Å²) in [7, 11) is -2.66. The molecule has 0 aromatic heterocycles. The molecule has 2 aliphatic rings. The molecule has 1 unspecified atom stereocenters. The number of sulfonamides is 1. The highest BCUT2D eigenvalue weighted by Crippen LogP contribution is 2.39. The quantitative estimate of drug-likeness (QED) is 0.476. The fourth-order valence-corrected chi connectivity index (χ4v) is 5.68. The van der Waals surface area contributed by atoms with E-state index in [0.29, 0.717) is 42.9 Å². The second-order valence-corrected chi connectivity index (χ2v) is 10.1. The molecule has 2 aliphatic heterocycles. The first kappa shape index (κ1) is 25.8. The summed E-state index contributed by atoms with van der Waals surface area (Å²) in [5.74, 6) is 0.113. The number of benzene rings is 1. The molecule has 0 bridgehead atoms. The van der Waals surface area contributed by atoms with E-state index in [-0.39, 0.29) is 40.7 Å². The first-order valence-corrected chi connectivity index (χ1v) is 13.0. The van der Waals surface area contributed by atoms with E-state index < -0.39 is 16.1 Å². The SMILES string of the molecule is CCNC(=S)NS(=O)(=O)c1cc2c(cc1OC)OCCC2CNC(=O)N1CC(C)=C(CC)C1=O. The Hall–Kier alpha value is -2.86. The van der Waals surface area contributed by atoms with Crippen molar-refractivity contribution in [2.24, 2.45) is 0 Å². The van der Waals surface area contributed by atoms with Gasteiger partial charge >= 0.3 is 6.03 Å². The number of carbonyl (C=O) groups is 2. The monoisotopic (exact) mass is 510 g/mol. The number of methoxy groups -OCH3 is 1. The van der Waals surface area contributed by atoms with Crippen molar-refractivity contribution < 1.29 is 27.5 Å². The van der Waals surface area contributed by atoms with E-state index >= 15 is 0 Å². The van der Waals surface area contributed by atoms with Gasteiger partial charge in [0.25, 0.3) is 15.9 Å². The average Bonchev–Trinajstić information content (AvgIpc) is 3.09. The van der Waals surface area contributed by atoms with Gasteiger partial charge in [0.2, 0.25) is 0 Å². The van der Waals surface area contributed by atoms with Gasteiger partial charge in [-0.25, -0.2) is 13.2 Å². The van der Waals surface area contributed by atoms with E-state index in [1.54, 1.807) is 6.92 Å². The fraction of sp³-hybridized carbons (Fsp3) is 0.500. The highest BCUT2D eigenvalue weighted by Gasteiger charge is 2.33. The molecule has 3 rings (SSSR count). The highest BCUT2D eigenvalue weighted by atomic mass is 32.2. The van der Waals surface area contributed by atoms with E-state index in [1.807, 2.05) is 13.8 Å². The van der Waals surface area contributed by atoms with Crippen LogP contribution in [-0.2, 0) is 14.8 Å². The van der Waals surface area contributed by atoms with E-state index in [9.17, 15) is 18.0 Å². The van der Waals surface area contributed by atoms with Gasteiger partial charge in [0.05, 0.1) is 20.3 Å². The topological polar surface area (TPSA) is 126 Å². The maximum atomic E-state index is 13.0. The van der Waals surface area contributed by atoms with Gasteiger partial charge in [0.1, 0.15) is 16.4 Å². The minimum absolute atomic E-state index is 0.0204. The summed E-state index contributed by atoms with van der Waals surface area (Å²) in [6.07, 6.45) is 1.14. The van der Waals surface area contributed by atoms with Gasteiger partial charge in [0.15, 0.2) is 5.11 Å². The summed E-state index contributed by atoms with van der Waals surface area (Å²) in [5.41, 5.74) is 2.18. The summed E-state index contributed by atoms with van der Waals surface area (Å²) in [6, 6.07) is 2.54. The lowest BCUT2D eigenvalue weighted by atomic mass is 9.93. The molecule has 1 aromatic carbocycles. The van der Waals surface area contributed by atoms with Crippen LogP contribution in [0.1, 0.15) is 45.1 Å². The molecule has 0 fully saturated rings. The molecule has 2 heterocycles. The van der Waals surface area contributed by atoms with Crippen molar-refractivity contribution >= 4 is 39.3 Å². The number of urea groups is 1. The van der Waals surface area contributed by atoms with Crippen molar-refractivity contribution in [3.8, 4) is 11.5 Å². The molecule has 3 amide bonds. The van der Waals surface area contributed by atoms with Gasteiger partial charge in [-0.15, -0.1) is 0 Å². The van der Waals surface area contributed by atoms with Crippen molar-refractivity contribution in [2.45, 2.75) is 44.4 Å². The van der Waals surface area contributed by atoms with Crippen LogP contribution in [0, 0.1) is 0 Å².